The van der Waals surface area contributed by atoms with Crippen LogP contribution in [0, 0.1) is 0 Å². The van der Waals surface area contributed by atoms with E-state index >= 15 is 0 Å². The topological polar surface area (TPSA) is 68.3 Å². The van der Waals surface area contributed by atoms with Crippen molar-refractivity contribution in [2.75, 3.05) is 0 Å². The molecule has 0 aliphatic rings. The van der Waals surface area contributed by atoms with E-state index in [1.165, 1.54) is 19.2 Å². The van der Waals surface area contributed by atoms with Gasteiger partial charge in [-0.05, 0) is 30.7 Å². The molecule has 114 valence electrons. The predicted octanol–water partition coefficient (Wildman–Crippen LogP) is 2.60. The molecule has 22 heavy (non-hydrogen) atoms. The van der Waals surface area contributed by atoms with Crippen molar-refractivity contribution in [3.05, 3.63) is 64.9 Å². The number of benzene rings is 1. The molecule has 0 saturated heterocycles. The molecular formula is C16H15ClN2O3. The Morgan fingerprint density at radius 2 is 1.95 bits per heavy atom. The number of carbonyl (C=O) groups excluding carboxylic acids is 2. The lowest BCUT2D eigenvalue weighted by atomic mass is 10.2. The maximum absolute atomic E-state index is 11.9. The summed E-state index contributed by atoms with van der Waals surface area (Å²) in [6.07, 6.45) is 0.565. The number of carbonyl (C=O) groups is 2. The van der Waals surface area contributed by atoms with Crippen LogP contribution in [0.15, 0.2) is 48.7 Å². The smallest absolute Gasteiger partial charge is 0.357 e. The van der Waals surface area contributed by atoms with Crippen LogP contribution in [0.25, 0.3) is 0 Å². The highest BCUT2D eigenvalue weighted by molar-refractivity contribution is 6.31. The minimum atomic E-state index is -0.919. The van der Waals surface area contributed by atoms with E-state index in [1.807, 2.05) is 18.2 Å². The molecule has 1 aromatic carbocycles. The van der Waals surface area contributed by atoms with E-state index in [1.54, 1.807) is 18.2 Å². The number of nitrogens with zero attached hydrogens (tertiary/aromatic N) is 1. The van der Waals surface area contributed by atoms with Crippen LogP contribution in [0.5, 0.6) is 0 Å². The Bertz CT molecular complexity index is 661. The molecule has 0 fully saturated rings. The quantitative estimate of drug-likeness (QED) is 0.860. The van der Waals surface area contributed by atoms with Crippen LogP contribution in [0.4, 0.5) is 0 Å². The average Bonchev–Trinajstić information content (AvgIpc) is 2.54. The summed E-state index contributed by atoms with van der Waals surface area (Å²) < 4.78 is 5.07. The van der Waals surface area contributed by atoms with Crippen LogP contribution in [0.3, 0.4) is 0 Å². The molecule has 1 unspecified atom stereocenters. The molecule has 0 aliphatic carbocycles. The first kappa shape index (κ1) is 16.0. The third-order valence-electron chi connectivity index (χ3n) is 2.94. The van der Waals surface area contributed by atoms with Gasteiger partial charge in [-0.3, -0.25) is 4.79 Å². The van der Waals surface area contributed by atoms with Crippen molar-refractivity contribution in [3.8, 4) is 0 Å². The Hall–Kier alpha value is -2.40. The van der Waals surface area contributed by atoms with Gasteiger partial charge in [0.2, 0.25) is 0 Å². The molecule has 1 heterocycles. The Kier molecular flexibility index (Phi) is 5.49. The second-order valence-electron chi connectivity index (χ2n) is 4.57. The van der Waals surface area contributed by atoms with Crippen LogP contribution in [0.2, 0.25) is 5.02 Å². The molecule has 1 amide bonds. The molecule has 1 atom stereocenters. The number of ether oxygens (including phenoxy) is 1. The van der Waals surface area contributed by atoms with Gasteiger partial charge in [0.25, 0.3) is 5.91 Å². The number of nitrogens with one attached hydrogen (secondary N) is 1. The lowest BCUT2D eigenvalue weighted by molar-refractivity contribution is -0.129. The first-order valence-electron chi connectivity index (χ1n) is 6.71. The Morgan fingerprint density at radius 3 is 2.64 bits per heavy atom. The fourth-order valence-corrected chi connectivity index (χ4v) is 1.93. The standard InChI is InChI=1S/C16H15ClN2O3/c1-11(22-16(21)14-8-4-5-9-18-14)15(20)19-10-12-6-2-3-7-13(12)17/h2-9,11H,10H2,1H3,(H,19,20). The highest BCUT2D eigenvalue weighted by Crippen LogP contribution is 2.14. The predicted molar refractivity (Wildman–Crippen MR) is 82.4 cm³/mol. The minimum absolute atomic E-state index is 0.160. The molecule has 1 N–H and O–H groups in total. The van der Waals surface area contributed by atoms with E-state index in [-0.39, 0.29) is 12.2 Å². The summed E-state index contributed by atoms with van der Waals surface area (Å²) in [7, 11) is 0. The van der Waals surface area contributed by atoms with Crippen molar-refractivity contribution in [1.82, 2.24) is 10.3 Å². The third-order valence-corrected chi connectivity index (χ3v) is 3.31. The normalized spacial score (nSPS) is 11.5. The molecule has 0 bridgehead atoms. The lowest BCUT2D eigenvalue weighted by Crippen LogP contribution is -2.35. The first-order chi connectivity index (χ1) is 10.6. The highest BCUT2D eigenvalue weighted by atomic mass is 35.5. The number of aromatic nitrogens is 1. The van der Waals surface area contributed by atoms with Gasteiger partial charge in [0.05, 0.1) is 0 Å². The van der Waals surface area contributed by atoms with E-state index in [0.29, 0.717) is 5.02 Å². The molecule has 1 aromatic heterocycles. The van der Waals surface area contributed by atoms with E-state index < -0.39 is 18.0 Å². The van der Waals surface area contributed by atoms with Gasteiger partial charge in [-0.1, -0.05) is 35.9 Å². The Labute approximate surface area is 133 Å². The molecule has 2 rings (SSSR count). The molecule has 0 spiro atoms. The van der Waals surface area contributed by atoms with E-state index in [9.17, 15) is 9.59 Å². The molecule has 5 nitrogen and oxygen atoms in total. The molecule has 0 saturated carbocycles. The number of rotatable bonds is 5. The zero-order valence-electron chi connectivity index (χ0n) is 12.0. The van der Waals surface area contributed by atoms with E-state index in [0.717, 1.165) is 5.56 Å². The number of pyridine rings is 1. The summed E-state index contributed by atoms with van der Waals surface area (Å²) in [4.78, 5) is 27.6. The van der Waals surface area contributed by atoms with Crippen molar-refractivity contribution in [3.63, 3.8) is 0 Å². The van der Waals surface area contributed by atoms with Crippen LogP contribution in [-0.2, 0) is 16.1 Å². The fourth-order valence-electron chi connectivity index (χ4n) is 1.73. The summed E-state index contributed by atoms with van der Waals surface area (Å²) >= 11 is 6.01. The van der Waals surface area contributed by atoms with Gasteiger partial charge < -0.3 is 10.1 Å². The summed E-state index contributed by atoms with van der Waals surface area (Å²) in [5.41, 5.74) is 0.953. The summed E-state index contributed by atoms with van der Waals surface area (Å²) in [5.74, 6) is -1.04. The third kappa shape index (κ3) is 4.30. The summed E-state index contributed by atoms with van der Waals surface area (Å²) in [5, 5.41) is 3.25. The van der Waals surface area contributed by atoms with Crippen molar-refractivity contribution in [2.24, 2.45) is 0 Å². The summed E-state index contributed by atoms with van der Waals surface area (Å²) in [6.45, 7) is 1.77. The number of hydrogen-bond donors (Lipinski definition) is 1. The van der Waals surface area contributed by atoms with Gasteiger partial charge >= 0.3 is 5.97 Å². The number of esters is 1. The van der Waals surface area contributed by atoms with Crippen molar-refractivity contribution in [2.45, 2.75) is 19.6 Å². The van der Waals surface area contributed by atoms with Crippen LogP contribution in [0.1, 0.15) is 23.0 Å². The zero-order chi connectivity index (χ0) is 15.9. The van der Waals surface area contributed by atoms with E-state index in [4.69, 9.17) is 16.3 Å². The number of halogens is 1. The Balaban J connectivity index is 1.87. The average molecular weight is 319 g/mol. The van der Waals surface area contributed by atoms with Crippen LogP contribution in [-0.4, -0.2) is 23.0 Å². The van der Waals surface area contributed by atoms with Gasteiger partial charge in [-0.15, -0.1) is 0 Å². The fraction of sp³-hybridized carbons (Fsp3) is 0.188. The minimum Gasteiger partial charge on any atom is -0.448 e. The van der Waals surface area contributed by atoms with Gasteiger partial charge in [-0.25, -0.2) is 9.78 Å². The van der Waals surface area contributed by atoms with Crippen LogP contribution >= 0.6 is 11.6 Å². The van der Waals surface area contributed by atoms with Gasteiger partial charge in [0, 0.05) is 17.8 Å². The SMILES string of the molecule is CC(OC(=O)c1ccccn1)C(=O)NCc1ccccc1Cl. The first-order valence-corrected chi connectivity index (χ1v) is 7.09. The highest BCUT2D eigenvalue weighted by Gasteiger charge is 2.19. The number of amides is 1. The number of hydrogen-bond acceptors (Lipinski definition) is 4. The van der Waals surface area contributed by atoms with Crippen LogP contribution < -0.4 is 5.32 Å². The van der Waals surface area contributed by atoms with Crippen molar-refractivity contribution in [1.29, 1.82) is 0 Å². The summed E-state index contributed by atoms with van der Waals surface area (Å²) in [6, 6.07) is 12.1. The maximum atomic E-state index is 11.9. The largest absolute Gasteiger partial charge is 0.448 e. The molecule has 0 radical (unpaired) electrons. The second kappa shape index (κ2) is 7.56. The molecular weight excluding hydrogens is 304 g/mol. The maximum Gasteiger partial charge on any atom is 0.357 e. The lowest BCUT2D eigenvalue weighted by Gasteiger charge is -2.13. The van der Waals surface area contributed by atoms with Crippen molar-refractivity contribution >= 4 is 23.5 Å². The van der Waals surface area contributed by atoms with E-state index in [2.05, 4.69) is 10.3 Å². The molecule has 0 aliphatic heterocycles. The molecule has 6 heteroatoms. The Morgan fingerprint density at radius 1 is 1.23 bits per heavy atom. The molecule has 2 aromatic rings. The van der Waals surface area contributed by atoms with Crippen molar-refractivity contribution < 1.29 is 14.3 Å². The van der Waals surface area contributed by atoms with Gasteiger partial charge in [0.1, 0.15) is 5.69 Å². The van der Waals surface area contributed by atoms with Gasteiger partial charge in [0.15, 0.2) is 6.10 Å². The van der Waals surface area contributed by atoms with Gasteiger partial charge in [-0.2, -0.15) is 0 Å². The monoisotopic (exact) mass is 318 g/mol. The zero-order valence-corrected chi connectivity index (χ0v) is 12.7. The second-order valence-corrected chi connectivity index (χ2v) is 4.98.